The van der Waals surface area contributed by atoms with Gasteiger partial charge < -0.3 is 5.32 Å². The van der Waals surface area contributed by atoms with E-state index < -0.39 is 10.0 Å². The number of nitrogens with one attached hydrogen (secondary N) is 1. The smallest absolute Gasteiger partial charge is 0.244 e. The third-order valence-corrected chi connectivity index (χ3v) is 7.27. The Morgan fingerprint density at radius 1 is 1.12 bits per heavy atom. The van der Waals surface area contributed by atoms with Crippen molar-refractivity contribution in [1.82, 2.24) is 14.5 Å². The van der Waals surface area contributed by atoms with Crippen LogP contribution in [-0.2, 0) is 14.8 Å². The summed E-state index contributed by atoms with van der Waals surface area (Å²) < 4.78 is 26.9. The number of amides is 1. The maximum Gasteiger partial charge on any atom is 0.244 e. The number of halogens is 1. The summed E-state index contributed by atoms with van der Waals surface area (Å²) in [6, 6.07) is 6.80. The summed E-state index contributed by atoms with van der Waals surface area (Å²) in [5.74, 6) is 0.0364. The maximum atomic E-state index is 12.7. The summed E-state index contributed by atoms with van der Waals surface area (Å²) in [7, 11) is -3.59. The van der Waals surface area contributed by atoms with Crippen LogP contribution in [0.15, 0.2) is 29.2 Å². The number of rotatable bonds is 5. The lowest BCUT2D eigenvalue weighted by Gasteiger charge is -2.33. The van der Waals surface area contributed by atoms with Crippen molar-refractivity contribution in [2.75, 3.05) is 32.7 Å². The molecule has 8 heteroatoms. The molecule has 0 radical (unpaired) electrons. The molecule has 1 saturated heterocycles. The number of piperazine rings is 1. The molecule has 0 spiro atoms. The Bertz CT molecular complexity index is 712. The second-order valence-electron chi connectivity index (χ2n) is 6.66. The monoisotopic (exact) mass is 385 g/mol. The first kappa shape index (κ1) is 18.6. The Kier molecular flexibility index (Phi) is 5.99. The van der Waals surface area contributed by atoms with Gasteiger partial charge in [0.15, 0.2) is 0 Å². The highest BCUT2D eigenvalue weighted by atomic mass is 35.5. The van der Waals surface area contributed by atoms with Crippen molar-refractivity contribution in [2.45, 2.75) is 36.6 Å². The zero-order valence-corrected chi connectivity index (χ0v) is 15.7. The van der Waals surface area contributed by atoms with E-state index in [1.807, 2.05) is 4.90 Å². The van der Waals surface area contributed by atoms with Gasteiger partial charge in [-0.3, -0.25) is 9.69 Å². The summed E-state index contributed by atoms with van der Waals surface area (Å²) in [6.45, 7) is 2.15. The van der Waals surface area contributed by atoms with Gasteiger partial charge in [0.2, 0.25) is 15.9 Å². The highest BCUT2D eigenvalue weighted by Crippen LogP contribution is 2.25. The number of carbonyl (C=O) groups excluding carboxylic acids is 1. The fourth-order valence-electron chi connectivity index (χ4n) is 3.47. The summed E-state index contributed by atoms with van der Waals surface area (Å²) in [5, 5.41) is 3.31. The quantitative estimate of drug-likeness (QED) is 0.837. The fraction of sp³-hybridized carbons (Fsp3) is 0.588. The highest BCUT2D eigenvalue weighted by Gasteiger charge is 2.30. The van der Waals surface area contributed by atoms with E-state index in [-0.39, 0.29) is 15.8 Å². The van der Waals surface area contributed by atoms with E-state index in [1.54, 1.807) is 18.2 Å². The standard InChI is InChI=1S/C17H24ClN3O3S/c18-15-7-3-4-8-16(15)25(23,24)21-11-9-20(10-12-21)13-17(22)19-14-5-1-2-6-14/h3-4,7-8,14H,1-2,5-6,9-13H2,(H,19,22). The van der Waals surface area contributed by atoms with Gasteiger partial charge in [0, 0.05) is 32.2 Å². The van der Waals surface area contributed by atoms with Crippen molar-refractivity contribution in [3.8, 4) is 0 Å². The summed E-state index contributed by atoms with van der Waals surface area (Å²) in [5.41, 5.74) is 0. The molecular weight excluding hydrogens is 362 g/mol. The Morgan fingerprint density at radius 2 is 1.76 bits per heavy atom. The van der Waals surface area contributed by atoms with Gasteiger partial charge in [0.1, 0.15) is 4.90 Å². The third kappa shape index (κ3) is 4.53. The molecule has 1 aliphatic heterocycles. The Balaban J connectivity index is 1.53. The second-order valence-corrected chi connectivity index (χ2v) is 8.97. The molecule has 25 heavy (non-hydrogen) atoms. The Hall–Kier alpha value is -1.15. The molecule has 3 rings (SSSR count). The van der Waals surface area contributed by atoms with Gasteiger partial charge in [0.25, 0.3) is 0 Å². The number of carbonyl (C=O) groups is 1. The first-order valence-corrected chi connectivity index (χ1v) is 10.5. The molecule has 6 nitrogen and oxygen atoms in total. The SMILES string of the molecule is O=C(CN1CCN(S(=O)(=O)c2ccccc2Cl)CC1)NC1CCCC1. The third-order valence-electron chi connectivity index (χ3n) is 4.87. The van der Waals surface area contributed by atoms with Crippen molar-refractivity contribution in [2.24, 2.45) is 0 Å². The molecule has 0 aromatic heterocycles. The first-order chi connectivity index (χ1) is 12.0. The minimum absolute atomic E-state index is 0.0364. The molecule has 2 aliphatic rings. The number of hydrogen-bond acceptors (Lipinski definition) is 4. The molecule has 1 saturated carbocycles. The molecule has 2 fully saturated rings. The van der Waals surface area contributed by atoms with Crippen LogP contribution in [0.4, 0.5) is 0 Å². The highest BCUT2D eigenvalue weighted by molar-refractivity contribution is 7.89. The predicted octanol–water partition coefficient (Wildman–Crippen LogP) is 1.71. The average molecular weight is 386 g/mol. The zero-order valence-electron chi connectivity index (χ0n) is 14.2. The number of benzene rings is 1. The van der Waals surface area contributed by atoms with Gasteiger partial charge in [0.05, 0.1) is 11.6 Å². The van der Waals surface area contributed by atoms with Gasteiger partial charge >= 0.3 is 0 Å². The van der Waals surface area contributed by atoms with Gasteiger partial charge in [-0.2, -0.15) is 4.31 Å². The number of sulfonamides is 1. The molecule has 1 aromatic carbocycles. The zero-order chi connectivity index (χ0) is 17.9. The lowest BCUT2D eigenvalue weighted by Crippen LogP contribution is -2.51. The minimum atomic E-state index is -3.59. The topological polar surface area (TPSA) is 69.7 Å². The van der Waals surface area contributed by atoms with Crippen LogP contribution in [-0.4, -0.2) is 62.3 Å². The lowest BCUT2D eigenvalue weighted by molar-refractivity contribution is -0.123. The van der Waals surface area contributed by atoms with E-state index in [4.69, 9.17) is 11.6 Å². The van der Waals surface area contributed by atoms with Crippen LogP contribution in [0, 0.1) is 0 Å². The van der Waals surface area contributed by atoms with Gasteiger partial charge in [-0.15, -0.1) is 0 Å². The van der Waals surface area contributed by atoms with Crippen molar-refractivity contribution >= 4 is 27.5 Å². The van der Waals surface area contributed by atoms with Crippen LogP contribution in [0.5, 0.6) is 0 Å². The van der Waals surface area contributed by atoms with Crippen LogP contribution >= 0.6 is 11.6 Å². The molecule has 1 aliphatic carbocycles. The fourth-order valence-corrected chi connectivity index (χ4v) is 5.38. The summed E-state index contributed by atoms with van der Waals surface area (Å²) in [4.78, 5) is 14.3. The second kappa shape index (κ2) is 8.03. The summed E-state index contributed by atoms with van der Waals surface area (Å²) >= 11 is 6.04. The van der Waals surface area contributed by atoms with Crippen molar-refractivity contribution in [1.29, 1.82) is 0 Å². The van der Waals surface area contributed by atoms with E-state index in [0.29, 0.717) is 38.8 Å². The van der Waals surface area contributed by atoms with E-state index in [2.05, 4.69) is 5.32 Å². The van der Waals surface area contributed by atoms with Crippen LogP contribution in [0.1, 0.15) is 25.7 Å². The largest absolute Gasteiger partial charge is 0.352 e. The van der Waals surface area contributed by atoms with Crippen LogP contribution < -0.4 is 5.32 Å². The van der Waals surface area contributed by atoms with E-state index >= 15 is 0 Å². The molecule has 0 atom stereocenters. The van der Waals surface area contributed by atoms with Gasteiger partial charge in [-0.1, -0.05) is 36.6 Å². The van der Waals surface area contributed by atoms with Crippen LogP contribution in [0.25, 0.3) is 0 Å². The van der Waals surface area contributed by atoms with Crippen molar-refractivity contribution in [3.05, 3.63) is 29.3 Å². The molecule has 1 amide bonds. The van der Waals surface area contributed by atoms with Crippen molar-refractivity contribution in [3.63, 3.8) is 0 Å². The predicted molar refractivity (Wildman–Crippen MR) is 97.0 cm³/mol. The van der Waals surface area contributed by atoms with Gasteiger partial charge in [-0.05, 0) is 25.0 Å². The molecule has 0 bridgehead atoms. The average Bonchev–Trinajstić information content (AvgIpc) is 3.08. The van der Waals surface area contributed by atoms with Gasteiger partial charge in [-0.25, -0.2) is 8.42 Å². The first-order valence-electron chi connectivity index (χ1n) is 8.73. The minimum Gasteiger partial charge on any atom is -0.352 e. The van der Waals surface area contributed by atoms with Crippen LogP contribution in [0.2, 0.25) is 5.02 Å². The van der Waals surface area contributed by atoms with Crippen molar-refractivity contribution < 1.29 is 13.2 Å². The molecule has 138 valence electrons. The maximum absolute atomic E-state index is 12.7. The van der Waals surface area contributed by atoms with E-state index in [9.17, 15) is 13.2 Å². The molecule has 1 aromatic rings. The molecular formula is C17H24ClN3O3S. The normalized spacial score (nSPS) is 20.7. The molecule has 1 N–H and O–H groups in total. The van der Waals surface area contributed by atoms with E-state index in [1.165, 1.54) is 23.2 Å². The molecule has 1 heterocycles. The van der Waals surface area contributed by atoms with E-state index in [0.717, 1.165) is 12.8 Å². The summed E-state index contributed by atoms with van der Waals surface area (Å²) in [6.07, 6.45) is 4.50. The number of nitrogens with zero attached hydrogens (tertiary/aromatic N) is 2. The van der Waals surface area contributed by atoms with Crippen LogP contribution in [0.3, 0.4) is 0 Å². The Morgan fingerprint density at radius 3 is 2.40 bits per heavy atom. The molecule has 0 unspecified atom stereocenters. The lowest BCUT2D eigenvalue weighted by atomic mass is 10.2. The Labute approximate surface area is 154 Å². The number of hydrogen-bond donors (Lipinski definition) is 1.